The van der Waals surface area contributed by atoms with Crippen molar-refractivity contribution >= 4 is 27.9 Å². The summed E-state index contributed by atoms with van der Waals surface area (Å²) in [7, 11) is 1.38. The molecule has 0 aliphatic carbocycles. The van der Waals surface area contributed by atoms with E-state index < -0.39 is 4.92 Å². The largest absolute Gasteiger partial charge is 0.493 e. The Morgan fingerprint density at radius 2 is 1.90 bits per heavy atom. The molecule has 0 unspecified atom stereocenters. The molecule has 0 saturated heterocycles. The average molecular weight is 352 g/mol. The van der Waals surface area contributed by atoms with Gasteiger partial charge in [0.25, 0.3) is 5.69 Å². The Bertz CT molecular complexity index is 702. The molecule has 0 N–H and O–H groups in total. The van der Waals surface area contributed by atoms with Crippen molar-refractivity contribution in [2.45, 2.75) is 0 Å². The van der Waals surface area contributed by atoms with Gasteiger partial charge < -0.3 is 9.47 Å². The molecule has 0 aromatic heterocycles. The summed E-state index contributed by atoms with van der Waals surface area (Å²) in [6, 6.07) is 8.93. The monoisotopic (exact) mass is 351 g/mol. The Labute approximate surface area is 128 Å². The van der Waals surface area contributed by atoms with E-state index in [1.807, 2.05) is 0 Å². The molecule has 0 atom stereocenters. The number of hydrogen-bond donors (Lipinski definition) is 0. The van der Waals surface area contributed by atoms with E-state index in [9.17, 15) is 14.9 Å². The van der Waals surface area contributed by atoms with Crippen LogP contribution >= 0.6 is 15.9 Å². The quantitative estimate of drug-likeness (QED) is 0.462. The van der Waals surface area contributed by atoms with Gasteiger partial charge in [0, 0.05) is 10.5 Å². The lowest BCUT2D eigenvalue weighted by Crippen LogP contribution is -1.95. The first kappa shape index (κ1) is 15.0. The zero-order valence-electron chi connectivity index (χ0n) is 10.9. The van der Waals surface area contributed by atoms with E-state index in [0.29, 0.717) is 17.6 Å². The highest BCUT2D eigenvalue weighted by molar-refractivity contribution is 9.10. The SMILES string of the molecule is COc1cc([N+](=O)[O-])ccc1Oc1cc(Br)ccc1C=O. The van der Waals surface area contributed by atoms with Crippen molar-refractivity contribution in [1.29, 1.82) is 0 Å². The number of non-ortho nitro benzene ring substituents is 1. The first-order valence-electron chi connectivity index (χ1n) is 5.80. The molecule has 2 rings (SSSR count). The third kappa shape index (κ3) is 3.38. The van der Waals surface area contributed by atoms with Crippen LogP contribution in [-0.4, -0.2) is 18.3 Å². The van der Waals surface area contributed by atoms with Gasteiger partial charge in [-0.05, 0) is 24.3 Å². The van der Waals surface area contributed by atoms with E-state index in [-0.39, 0.29) is 17.2 Å². The number of carbonyl (C=O) groups is 1. The van der Waals surface area contributed by atoms with Gasteiger partial charge in [0.1, 0.15) is 5.75 Å². The van der Waals surface area contributed by atoms with Crippen LogP contribution in [0, 0.1) is 10.1 Å². The van der Waals surface area contributed by atoms with Crippen molar-refractivity contribution in [2.75, 3.05) is 7.11 Å². The minimum Gasteiger partial charge on any atom is -0.493 e. The molecule has 0 fully saturated rings. The van der Waals surface area contributed by atoms with Crippen molar-refractivity contribution < 1.29 is 19.2 Å². The second kappa shape index (κ2) is 6.36. The summed E-state index contributed by atoms with van der Waals surface area (Å²) in [5.41, 5.74) is 0.252. The molecule has 6 nitrogen and oxygen atoms in total. The minimum absolute atomic E-state index is 0.107. The normalized spacial score (nSPS) is 10.0. The predicted molar refractivity (Wildman–Crippen MR) is 79.3 cm³/mol. The molecule has 0 heterocycles. The predicted octanol–water partition coefficient (Wildman–Crippen LogP) is 3.97. The van der Waals surface area contributed by atoms with Crippen molar-refractivity contribution in [3.05, 3.63) is 56.5 Å². The van der Waals surface area contributed by atoms with Gasteiger partial charge in [0.05, 0.1) is 23.7 Å². The van der Waals surface area contributed by atoms with Crippen LogP contribution in [0.1, 0.15) is 10.4 Å². The van der Waals surface area contributed by atoms with Gasteiger partial charge in [0.15, 0.2) is 17.8 Å². The number of nitro benzene ring substituents is 1. The number of aldehydes is 1. The van der Waals surface area contributed by atoms with E-state index >= 15 is 0 Å². The van der Waals surface area contributed by atoms with Gasteiger partial charge in [-0.3, -0.25) is 14.9 Å². The molecule has 0 bridgehead atoms. The smallest absolute Gasteiger partial charge is 0.273 e. The van der Waals surface area contributed by atoms with E-state index in [4.69, 9.17) is 9.47 Å². The van der Waals surface area contributed by atoms with Gasteiger partial charge >= 0.3 is 0 Å². The molecule has 7 heteroatoms. The molecule has 2 aromatic rings. The van der Waals surface area contributed by atoms with Crippen molar-refractivity contribution in [2.24, 2.45) is 0 Å². The van der Waals surface area contributed by atoms with Crippen LogP contribution in [0.2, 0.25) is 0 Å². The zero-order valence-corrected chi connectivity index (χ0v) is 12.5. The third-order valence-electron chi connectivity index (χ3n) is 2.68. The number of carbonyl (C=O) groups excluding carboxylic acids is 1. The van der Waals surface area contributed by atoms with Crippen LogP contribution in [0.3, 0.4) is 0 Å². The van der Waals surface area contributed by atoms with E-state index in [1.54, 1.807) is 18.2 Å². The molecule has 0 radical (unpaired) electrons. The van der Waals surface area contributed by atoms with Crippen LogP contribution in [0.15, 0.2) is 40.9 Å². The molecule has 0 spiro atoms. The average Bonchev–Trinajstić information content (AvgIpc) is 2.47. The number of halogens is 1. The van der Waals surface area contributed by atoms with E-state index in [2.05, 4.69) is 15.9 Å². The van der Waals surface area contributed by atoms with Gasteiger partial charge in [-0.25, -0.2) is 0 Å². The Balaban J connectivity index is 2.42. The van der Waals surface area contributed by atoms with E-state index in [1.165, 1.54) is 25.3 Å². The maximum absolute atomic E-state index is 11.0. The molecule has 21 heavy (non-hydrogen) atoms. The lowest BCUT2D eigenvalue weighted by atomic mass is 10.2. The number of benzene rings is 2. The number of nitro groups is 1. The Kier molecular flexibility index (Phi) is 4.54. The molecule has 108 valence electrons. The summed E-state index contributed by atoms with van der Waals surface area (Å²) in [5, 5.41) is 10.7. The fourth-order valence-corrected chi connectivity index (χ4v) is 2.01. The van der Waals surface area contributed by atoms with Gasteiger partial charge in [0.2, 0.25) is 0 Å². The third-order valence-corrected chi connectivity index (χ3v) is 3.17. The lowest BCUT2D eigenvalue weighted by molar-refractivity contribution is -0.384. The Hall–Kier alpha value is -2.41. The number of hydrogen-bond acceptors (Lipinski definition) is 5. The second-order valence-corrected chi connectivity index (χ2v) is 4.91. The first-order valence-corrected chi connectivity index (χ1v) is 6.59. The standard InChI is InChI=1S/C14H10BrNO5/c1-20-14-7-11(16(18)19)4-5-12(14)21-13-6-10(15)3-2-9(13)8-17/h2-8H,1H3. The van der Waals surface area contributed by atoms with Crippen LogP contribution < -0.4 is 9.47 Å². The lowest BCUT2D eigenvalue weighted by Gasteiger charge is -2.11. The summed E-state index contributed by atoms with van der Waals surface area (Å²) in [4.78, 5) is 21.2. The Morgan fingerprint density at radius 3 is 2.52 bits per heavy atom. The maximum Gasteiger partial charge on any atom is 0.273 e. The van der Waals surface area contributed by atoms with Crippen LogP contribution in [-0.2, 0) is 0 Å². The highest BCUT2D eigenvalue weighted by Crippen LogP contribution is 2.36. The minimum atomic E-state index is -0.526. The number of methoxy groups -OCH3 is 1. The number of ether oxygens (including phenoxy) is 2. The number of nitrogens with zero attached hydrogens (tertiary/aromatic N) is 1. The number of rotatable bonds is 5. The van der Waals surface area contributed by atoms with Gasteiger partial charge in [-0.15, -0.1) is 0 Å². The highest BCUT2D eigenvalue weighted by Gasteiger charge is 2.14. The van der Waals surface area contributed by atoms with Gasteiger partial charge in [-0.1, -0.05) is 15.9 Å². The molecular weight excluding hydrogens is 342 g/mol. The summed E-state index contributed by atoms with van der Waals surface area (Å²) in [5.74, 6) is 0.817. The molecule has 0 aliphatic rings. The van der Waals surface area contributed by atoms with Crippen LogP contribution in [0.25, 0.3) is 0 Å². The zero-order chi connectivity index (χ0) is 15.4. The second-order valence-electron chi connectivity index (χ2n) is 3.99. The highest BCUT2D eigenvalue weighted by atomic mass is 79.9. The van der Waals surface area contributed by atoms with Crippen LogP contribution in [0.5, 0.6) is 17.2 Å². The summed E-state index contributed by atoms with van der Waals surface area (Å²) in [6.45, 7) is 0. The Morgan fingerprint density at radius 1 is 1.14 bits per heavy atom. The van der Waals surface area contributed by atoms with Crippen molar-refractivity contribution in [1.82, 2.24) is 0 Å². The van der Waals surface area contributed by atoms with E-state index in [0.717, 1.165) is 4.47 Å². The summed E-state index contributed by atoms with van der Waals surface area (Å²) in [6.07, 6.45) is 0.666. The first-order chi connectivity index (χ1) is 10.0. The fraction of sp³-hybridized carbons (Fsp3) is 0.0714. The van der Waals surface area contributed by atoms with Crippen LogP contribution in [0.4, 0.5) is 5.69 Å². The van der Waals surface area contributed by atoms with Crippen molar-refractivity contribution in [3.8, 4) is 17.2 Å². The summed E-state index contributed by atoms with van der Waals surface area (Å²) < 4.78 is 11.5. The topological polar surface area (TPSA) is 78.7 Å². The molecule has 0 aliphatic heterocycles. The molecular formula is C14H10BrNO5. The van der Waals surface area contributed by atoms with Crippen molar-refractivity contribution in [3.63, 3.8) is 0 Å². The fourth-order valence-electron chi connectivity index (χ4n) is 1.67. The summed E-state index contributed by atoms with van der Waals surface area (Å²) >= 11 is 3.29. The van der Waals surface area contributed by atoms with Gasteiger partial charge in [-0.2, -0.15) is 0 Å². The molecule has 0 saturated carbocycles. The maximum atomic E-state index is 11.0. The molecule has 2 aromatic carbocycles. The molecule has 0 amide bonds.